The third-order valence-corrected chi connectivity index (χ3v) is 5.08. The fraction of sp³-hybridized carbons (Fsp3) is 0.353. The van der Waals surface area contributed by atoms with Crippen LogP contribution < -0.4 is 5.32 Å². The maximum Gasteiger partial charge on any atom is 0.0492 e. The summed E-state index contributed by atoms with van der Waals surface area (Å²) in [5.74, 6) is 0. The maximum atomic E-state index is 4.25. The first-order valence-corrected chi connectivity index (χ1v) is 8.28. The molecule has 1 unspecified atom stereocenters. The van der Waals surface area contributed by atoms with Gasteiger partial charge in [0, 0.05) is 34.6 Å². The average molecular weight is 299 g/mol. The fourth-order valence-electron chi connectivity index (χ4n) is 2.70. The smallest absolute Gasteiger partial charge is 0.0492 e. The van der Waals surface area contributed by atoms with E-state index in [-0.39, 0.29) is 0 Å². The standard InChI is InChI=1S/C17H21N3S/c1-3-18-15(9-8-14-10-11-19-20(14)2)17-12-13-6-4-5-7-16(13)21-17/h4-7,10-12,15,18H,3,8-9H2,1-2H3. The number of aromatic nitrogens is 2. The third kappa shape index (κ3) is 3.17. The van der Waals surface area contributed by atoms with Crippen LogP contribution in [0.15, 0.2) is 42.6 Å². The van der Waals surface area contributed by atoms with Gasteiger partial charge in [0.25, 0.3) is 0 Å². The number of thiophene rings is 1. The number of hydrogen-bond acceptors (Lipinski definition) is 3. The first-order chi connectivity index (χ1) is 10.3. The molecule has 0 aliphatic carbocycles. The quantitative estimate of drug-likeness (QED) is 0.747. The molecule has 3 nitrogen and oxygen atoms in total. The molecule has 3 aromatic rings. The topological polar surface area (TPSA) is 29.9 Å². The van der Waals surface area contributed by atoms with Crippen molar-refractivity contribution in [3.8, 4) is 0 Å². The predicted octanol–water partition coefficient (Wildman–Crippen LogP) is 3.92. The zero-order chi connectivity index (χ0) is 14.7. The van der Waals surface area contributed by atoms with Gasteiger partial charge in [0.05, 0.1) is 0 Å². The van der Waals surface area contributed by atoms with E-state index >= 15 is 0 Å². The van der Waals surface area contributed by atoms with Gasteiger partial charge in [0.1, 0.15) is 0 Å². The monoisotopic (exact) mass is 299 g/mol. The fourth-order valence-corrected chi connectivity index (χ4v) is 3.88. The maximum absolute atomic E-state index is 4.25. The average Bonchev–Trinajstić information content (AvgIpc) is 3.09. The molecule has 0 radical (unpaired) electrons. The second kappa shape index (κ2) is 6.41. The highest BCUT2D eigenvalue weighted by Crippen LogP contribution is 2.31. The van der Waals surface area contributed by atoms with Crippen LogP contribution in [0.25, 0.3) is 10.1 Å². The van der Waals surface area contributed by atoms with Gasteiger partial charge in [-0.15, -0.1) is 11.3 Å². The van der Waals surface area contributed by atoms with Crippen molar-refractivity contribution in [2.24, 2.45) is 7.05 Å². The molecule has 1 aromatic carbocycles. The molecule has 2 heterocycles. The van der Waals surface area contributed by atoms with Crippen molar-refractivity contribution in [1.29, 1.82) is 0 Å². The number of rotatable bonds is 6. The van der Waals surface area contributed by atoms with E-state index in [1.54, 1.807) is 0 Å². The zero-order valence-corrected chi connectivity index (χ0v) is 13.4. The van der Waals surface area contributed by atoms with Gasteiger partial charge < -0.3 is 5.32 Å². The van der Waals surface area contributed by atoms with Crippen LogP contribution in [0.2, 0.25) is 0 Å². The molecule has 4 heteroatoms. The number of nitrogens with one attached hydrogen (secondary N) is 1. The van der Waals surface area contributed by atoms with E-state index in [1.165, 1.54) is 20.7 Å². The lowest BCUT2D eigenvalue weighted by molar-refractivity contribution is 0.513. The van der Waals surface area contributed by atoms with Crippen molar-refractivity contribution in [1.82, 2.24) is 15.1 Å². The van der Waals surface area contributed by atoms with Crippen LogP contribution in [-0.4, -0.2) is 16.3 Å². The second-order valence-corrected chi connectivity index (χ2v) is 6.40. The molecule has 1 atom stereocenters. The van der Waals surface area contributed by atoms with Crippen LogP contribution in [0.5, 0.6) is 0 Å². The Morgan fingerprint density at radius 2 is 2.14 bits per heavy atom. The van der Waals surface area contributed by atoms with Gasteiger partial charge in [-0.05, 0) is 43.0 Å². The SMILES string of the molecule is CCNC(CCc1ccnn1C)c1cc2ccccc2s1. The second-order valence-electron chi connectivity index (χ2n) is 5.28. The lowest BCUT2D eigenvalue weighted by Gasteiger charge is -2.16. The van der Waals surface area contributed by atoms with Gasteiger partial charge in [-0.2, -0.15) is 5.10 Å². The Hall–Kier alpha value is -1.65. The summed E-state index contributed by atoms with van der Waals surface area (Å²) in [5.41, 5.74) is 1.29. The Morgan fingerprint density at radius 3 is 2.86 bits per heavy atom. The van der Waals surface area contributed by atoms with Crippen LogP contribution in [0, 0.1) is 0 Å². The predicted molar refractivity (Wildman–Crippen MR) is 89.8 cm³/mol. The number of benzene rings is 1. The molecule has 0 fully saturated rings. The molecular weight excluding hydrogens is 278 g/mol. The van der Waals surface area contributed by atoms with Gasteiger partial charge >= 0.3 is 0 Å². The lowest BCUT2D eigenvalue weighted by atomic mass is 10.1. The van der Waals surface area contributed by atoms with Gasteiger partial charge in [-0.3, -0.25) is 4.68 Å². The van der Waals surface area contributed by atoms with Crippen LogP contribution in [0.3, 0.4) is 0 Å². The van der Waals surface area contributed by atoms with E-state index < -0.39 is 0 Å². The van der Waals surface area contributed by atoms with Gasteiger partial charge in [0.15, 0.2) is 0 Å². The Morgan fingerprint density at radius 1 is 1.29 bits per heavy atom. The molecule has 0 amide bonds. The highest BCUT2D eigenvalue weighted by atomic mass is 32.1. The van der Waals surface area contributed by atoms with E-state index in [4.69, 9.17) is 0 Å². The highest BCUT2D eigenvalue weighted by molar-refractivity contribution is 7.19. The molecular formula is C17H21N3S. The van der Waals surface area contributed by atoms with Crippen molar-refractivity contribution in [2.75, 3.05) is 6.54 Å². The highest BCUT2D eigenvalue weighted by Gasteiger charge is 2.14. The van der Waals surface area contributed by atoms with Crippen molar-refractivity contribution in [3.05, 3.63) is 53.2 Å². The summed E-state index contributed by atoms with van der Waals surface area (Å²) in [4.78, 5) is 1.43. The molecule has 0 bridgehead atoms. The number of hydrogen-bond donors (Lipinski definition) is 1. The van der Waals surface area contributed by atoms with Gasteiger partial charge in [-0.25, -0.2) is 0 Å². The third-order valence-electron chi connectivity index (χ3n) is 3.85. The molecule has 3 rings (SSSR count). The van der Waals surface area contributed by atoms with E-state index in [0.29, 0.717) is 6.04 Å². The summed E-state index contributed by atoms with van der Waals surface area (Å²) in [6.45, 7) is 3.16. The van der Waals surface area contributed by atoms with Crippen LogP contribution in [-0.2, 0) is 13.5 Å². The molecule has 1 N–H and O–H groups in total. The summed E-state index contributed by atoms with van der Waals surface area (Å²) in [5, 5.41) is 9.22. The van der Waals surface area contributed by atoms with Gasteiger partial charge in [0.2, 0.25) is 0 Å². The van der Waals surface area contributed by atoms with Crippen molar-refractivity contribution in [3.63, 3.8) is 0 Å². The molecule has 2 aromatic heterocycles. The Balaban J connectivity index is 1.78. The van der Waals surface area contributed by atoms with Gasteiger partial charge in [-0.1, -0.05) is 25.1 Å². The molecule has 110 valence electrons. The number of aryl methyl sites for hydroxylation is 2. The lowest BCUT2D eigenvalue weighted by Crippen LogP contribution is -2.20. The molecule has 0 aliphatic heterocycles. The normalized spacial score (nSPS) is 12.9. The number of fused-ring (bicyclic) bond motifs is 1. The summed E-state index contributed by atoms with van der Waals surface area (Å²) >= 11 is 1.90. The summed E-state index contributed by atoms with van der Waals surface area (Å²) in [6, 6.07) is 13.5. The molecule has 0 spiro atoms. The number of nitrogens with zero attached hydrogens (tertiary/aromatic N) is 2. The largest absolute Gasteiger partial charge is 0.310 e. The molecule has 0 saturated heterocycles. The molecule has 0 aliphatic rings. The first kappa shape index (κ1) is 14.3. The first-order valence-electron chi connectivity index (χ1n) is 7.46. The van der Waals surface area contributed by atoms with Crippen molar-refractivity contribution in [2.45, 2.75) is 25.8 Å². The van der Waals surface area contributed by atoms with E-state index in [1.807, 2.05) is 29.3 Å². The van der Waals surface area contributed by atoms with Crippen LogP contribution in [0.4, 0.5) is 0 Å². The van der Waals surface area contributed by atoms with E-state index in [2.05, 4.69) is 53.7 Å². The minimum absolute atomic E-state index is 0.419. The molecule has 0 saturated carbocycles. The summed E-state index contributed by atoms with van der Waals surface area (Å²) < 4.78 is 3.34. The van der Waals surface area contributed by atoms with Crippen molar-refractivity contribution >= 4 is 21.4 Å². The Kier molecular flexibility index (Phi) is 4.36. The van der Waals surface area contributed by atoms with E-state index in [0.717, 1.165) is 19.4 Å². The summed E-state index contributed by atoms with van der Waals surface area (Å²) in [6.07, 6.45) is 4.01. The summed E-state index contributed by atoms with van der Waals surface area (Å²) in [7, 11) is 2.01. The van der Waals surface area contributed by atoms with E-state index in [9.17, 15) is 0 Å². The molecule has 21 heavy (non-hydrogen) atoms. The van der Waals surface area contributed by atoms with Crippen LogP contribution >= 0.6 is 11.3 Å². The Bertz CT molecular complexity index is 680. The van der Waals surface area contributed by atoms with Crippen molar-refractivity contribution < 1.29 is 0 Å². The minimum atomic E-state index is 0.419. The van der Waals surface area contributed by atoms with Crippen LogP contribution in [0.1, 0.15) is 30.0 Å². The Labute approximate surface area is 129 Å². The minimum Gasteiger partial charge on any atom is -0.310 e. The zero-order valence-electron chi connectivity index (χ0n) is 12.5.